The zero-order valence-corrected chi connectivity index (χ0v) is 14.3. The van der Waals surface area contributed by atoms with Crippen LogP contribution < -0.4 is 15.8 Å². The normalized spacial score (nSPS) is 14.2. The Kier molecular flexibility index (Phi) is 6.45. The van der Waals surface area contributed by atoms with Crippen molar-refractivity contribution in [3.8, 4) is 16.9 Å². The second-order valence-corrected chi connectivity index (χ2v) is 5.93. The van der Waals surface area contributed by atoms with E-state index < -0.39 is 12.2 Å². The summed E-state index contributed by atoms with van der Waals surface area (Å²) in [4.78, 5) is 0. The summed E-state index contributed by atoms with van der Waals surface area (Å²) in [5.41, 5.74) is 8.12. The molecule has 136 valence electrons. The van der Waals surface area contributed by atoms with Gasteiger partial charge >= 0.3 is 6.18 Å². The van der Waals surface area contributed by atoms with E-state index in [0.29, 0.717) is 0 Å². The summed E-state index contributed by atoms with van der Waals surface area (Å²) in [5.74, 6) is 0.794. The molecular weight excluding hydrogens is 329 g/mol. The summed E-state index contributed by atoms with van der Waals surface area (Å²) < 4.78 is 42.6. The zero-order valence-electron chi connectivity index (χ0n) is 14.3. The minimum Gasteiger partial charge on any atom is -0.496 e. The van der Waals surface area contributed by atoms with Crippen LogP contribution in [0.5, 0.6) is 5.75 Å². The smallest absolute Gasteiger partial charge is 0.403 e. The first kappa shape index (κ1) is 19.3. The maximum atomic E-state index is 12.4. The molecule has 25 heavy (non-hydrogen) atoms. The number of hydrogen-bond acceptors (Lipinski definition) is 3. The molecule has 0 heterocycles. The molecule has 2 aromatic carbocycles. The van der Waals surface area contributed by atoms with Gasteiger partial charge in [-0.3, -0.25) is 0 Å². The molecule has 2 unspecified atom stereocenters. The van der Waals surface area contributed by atoms with Gasteiger partial charge in [0, 0.05) is 11.6 Å². The Balaban J connectivity index is 1.97. The van der Waals surface area contributed by atoms with E-state index in [1.165, 1.54) is 0 Å². The molecule has 6 heteroatoms. The first-order chi connectivity index (χ1) is 11.8. The molecule has 2 aromatic rings. The minimum atomic E-state index is -4.35. The lowest BCUT2D eigenvalue weighted by Gasteiger charge is -2.19. The topological polar surface area (TPSA) is 47.3 Å². The molecule has 0 aliphatic rings. The molecule has 2 rings (SSSR count). The van der Waals surface area contributed by atoms with Gasteiger partial charge in [0.05, 0.1) is 7.11 Å². The van der Waals surface area contributed by atoms with Gasteiger partial charge in [-0.25, -0.2) is 0 Å². The van der Waals surface area contributed by atoms with E-state index in [2.05, 4.69) is 5.32 Å². The first-order valence-corrected chi connectivity index (χ1v) is 8.12. The summed E-state index contributed by atoms with van der Waals surface area (Å²) in [5, 5.41) is 3.08. The summed E-state index contributed by atoms with van der Waals surface area (Å²) in [6, 6.07) is 13.8. The van der Waals surface area contributed by atoms with Gasteiger partial charge in [-0.15, -0.1) is 0 Å². The standard InChI is InChI=1S/C19H23F3N2O/c1-13(24-12-11-18(23)19(20,21)22)14-7-9-15(10-8-14)16-5-3-4-6-17(16)25-2/h3-10,13,18,24H,11-12,23H2,1-2H3. The van der Waals surface area contributed by atoms with Crippen molar-refractivity contribution in [1.29, 1.82) is 0 Å². The highest BCUT2D eigenvalue weighted by molar-refractivity contribution is 5.70. The molecule has 0 saturated heterocycles. The van der Waals surface area contributed by atoms with Crippen molar-refractivity contribution in [1.82, 2.24) is 5.32 Å². The number of ether oxygens (including phenoxy) is 1. The fourth-order valence-corrected chi connectivity index (χ4v) is 2.57. The number of alkyl halides is 3. The highest BCUT2D eigenvalue weighted by atomic mass is 19.4. The third kappa shape index (κ3) is 5.21. The maximum absolute atomic E-state index is 12.4. The van der Waals surface area contributed by atoms with Gasteiger partial charge in [0.25, 0.3) is 0 Å². The lowest BCUT2D eigenvalue weighted by Crippen LogP contribution is -2.39. The molecule has 3 N–H and O–H groups in total. The van der Waals surface area contributed by atoms with E-state index in [9.17, 15) is 13.2 Å². The number of hydrogen-bond donors (Lipinski definition) is 2. The Hall–Kier alpha value is -2.05. The number of para-hydroxylation sites is 1. The predicted molar refractivity (Wildman–Crippen MR) is 93.5 cm³/mol. The van der Waals surface area contributed by atoms with Crippen molar-refractivity contribution in [3.63, 3.8) is 0 Å². The van der Waals surface area contributed by atoms with E-state index in [-0.39, 0.29) is 19.0 Å². The van der Waals surface area contributed by atoms with Crippen LogP contribution in [0.3, 0.4) is 0 Å². The van der Waals surface area contributed by atoms with Crippen molar-refractivity contribution in [2.75, 3.05) is 13.7 Å². The van der Waals surface area contributed by atoms with Crippen molar-refractivity contribution in [3.05, 3.63) is 54.1 Å². The largest absolute Gasteiger partial charge is 0.496 e. The third-order valence-corrected chi connectivity index (χ3v) is 4.15. The van der Waals surface area contributed by atoms with Crippen molar-refractivity contribution < 1.29 is 17.9 Å². The Morgan fingerprint density at radius 3 is 2.32 bits per heavy atom. The SMILES string of the molecule is COc1ccccc1-c1ccc(C(C)NCCC(N)C(F)(F)F)cc1. The van der Waals surface area contributed by atoms with Gasteiger partial charge in [-0.1, -0.05) is 42.5 Å². The van der Waals surface area contributed by atoms with E-state index >= 15 is 0 Å². The number of nitrogens with two attached hydrogens (primary N) is 1. The molecule has 2 atom stereocenters. The molecule has 0 spiro atoms. The Morgan fingerprint density at radius 1 is 1.08 bits per heavy atom. The fraction of sp³-hybridized carbons (Fsp3) is 0.368. The average Bonchev–Trinajstić information content (AvgIpc) is 2.60. The third-order valence-electron chi connectivity index (χ3n) is 4.15. The van der Waals surface area contributed by atoms with E-state index in [0.717, 1.165) is 22.4 Å². The highest BCUT2D eigenvalue weighted by Gasteiger charge is 2.35. The van der Waals surface area contributed by atoms with Crippen LogP contribution in [-0.2, 0) is 0 Å². The van der Waals surface area contributed by atoms with Crippen molar-refractivity contribution >= 4 is 0 Å². The summed E-state index contributed by atoms with van der Waals surface area (Å²) in [6.07, 6.45) is -4.49. The van der Waals surface area contributed by atoms with Gasteiger partial charge in [0.15, 0.2) is 0 Å². The van der Waals surface area contributed by atoms with Crippen LogP contribution in [0, 0.1) is 0 Å². The number of methoxy groups -OCH3 is 1. The van der Waals surface area contributed by atoms with Crippen LogP contribution in [0.2, 0.25) is 0 Å². The summed E-state index contributed by atoms with van der Waals surface area (Å²) in [6.45, 7) is 2.12. The van der Waals surface area contributed by atoms with Gasteiger partial charge in [0.1, 0.15) is 11.8 Å². The lowest BCUT2D eigenvalue weighted by molar-refractivity contribution is -0.148. The predicted octanol–water partition coefficient (Wildman–Crippen LogP) is 4.29. The number of halogens is 3. The highest BCUT2D eigenvalue weighted by Crippen LogP contribution is 2.30. The zero-order chi connectivity index (χ0) is 18.4. The molecule has 0 amide bonds. The number of benzene rings is 2. The van der Waals surface area contributed by atoms with Crippen LogP contribution in [0.4, 0.5) is 13.2 Å². The van der Waals surface area contributed by atoms with Gasteiger partial charge < -0.3 is 15.8 Å². The first-order valence-electron chi connectivity index (χ1n) is 8.12. The fourth-order valence-electron chi connectivity index (χ4n) is 2.57. The summed E-state index contributed by atoms with van der Waals surface area (Å²) in [7, 11) is 1.63. The van der Waals surface area contributed by atoms with Gasteiger partial charge in [0.2, 0.25) is 0 Å². The second kappa shape index (κ2) is 8.36. The van der Waals surface area contributed by atoms with E-state index in [1.807, 2.05) is 55.5 Å². The molecule has 0 saturated carbocycles. The van der Waals surface area contributed by atoms with Crippen molar-refractivity contribution in [2.45, 2.75) is 31.6 Å². The Morgan fingerprint density at radius 2 is 1.72 bits per heavy atom. The molecule has 0 aliphatic carbocycles. The van der Waals surface area contributed by atoms with Crippen LogP contribution in [0.15, 0.2) is 48.5 Å². The molecule has 0 bridgehead atoms. The summed E-state index contributed by atoms with van der Waals surface area (Å²) >= 11 is 0. The van der Waals surface area contributed by atoms with Crippen molar-refractivity contribution in [2.24, 2.45) is 5.73 Å². The molecular formula is C19H23F3N2O. The molecule has 3 nitrogen and oxygen atoms in total. The van der Waals surface area contributed by atoms with Gasteiger partial charge in [-0.05, 0) is 37.1 Å². The second-order valence-electron chi connectivity index (χ2n) is 5.93. The average molecular weight is 352 g/mol. The lowest BCUT2D eigenvalue weighted by atomic mass is 10.0. The molecule has 0 aliphatic heterocycles. The Bertz CT molecular complexity index is 671. The molecule has 0 aromatic heterocycles. The van der Waals surface area contributed by atoms with Gasteiger partial charge in [-0.2, -0.15) is 13.2 Å². The van der Waals surface area contributed by atoms with Crippen LogP contribution in [0.25, 0.3) is 11.1 Å². The number of rotatable bonds is 7. The quantitative estimate of drug-likeness (QED) is 0.781. The minimum absolute atomic E-state index is 0.0628. The number of nitrogens with one attached hydrogen (secondary N) is 1. The van der Waals surface area contributed by atoms with E-state index in [4.69, 9.17) is 10.5 Å². The molecule has 0 fully saturated rings. The van der Waals surface area contributed by atoms with E-state index in [1.54, 1.807) is 7.11 Å². The maximum Gasteiger partial charge on any atom is 0.403 e. The Labute approximate surface area is 146 Å². The van der Waals surface area contributed by atoms with Crippen LogP contribution in [-0.4, -0.2) is 25.9 Å². The molecule has 0 radical (unpaired) electrons. The van der Waals surface area contributed by atoms with Crippen LogP contribution >= 0.6 is 0 Å². The van der Waals surface area contributed by atoms with Crippen LogP contribution in [0.1, 0.15) is 24.9 Å². The monoisotopic (exact) mass is 352 g/mol.